The molecule has 0 atom stereocenters. The van der Waals surface area contributed by atoms with Crippen LogP contribution in [0.15, 0.2) is 37.0 Å². The third kappa shape index (κ3) is 2.93. The number of rotatable bonds is 3. The number of aromatic nitrogens is 1. The predicted octanol–water partition coefficient (Wildman–Crippen LogP) is 3.78. The van der Waals surface area contributed by atoms with Crippen LogP contribution in [0.3, 0.4) is 0 Å². The lowest BCUT2D eigenvalue weighted by Gasteiger charge is -2.07. The highest BCUT2D eigenvalue weighted by molar-refractivity contribution is 9.11. The highest BCUT2D eigenvalue weighted by Crippen LogP contribution is 2.32. The fourth-order valence-corrected chi connectivity index (χ4v) is 5.00. The van der Waals surface area contributed by atoms with Crippen LogP contribution >= 0.6 is 43.2 Å². The lowest BCUT2D eigenvalue weighted by atomic mass is 10.4. The van der Waals surface area contributed by atoms with Crippen molar-refractivity contribution < 1.29 is 8.42 Å². The molecule has 96 valence electrons. The van der Waals surface area contributed by atoms with Crippen LogP contribution < -0.4 is 4.72 Å². The van der Waals surface area contributed by atoms with E-state index < -0.39 is 10.0 Å². The van der Waals surface area contributed by atoms with Gasteiger partial charge in [0.15, 0.2) is 0 Å². The average molecular weight is 412 g/mol. The van der Waals surface area contributed by atoms with E-state index in [1.54, 1.807) is 12.1 Å². The van der Waals surface area contributed by atoms with E-state index in [0.29, 0.717) is 10.2 Å². The van der Waals surface area contributed by atoms with Crippen LogP contribution in [0, 0.1) is 6.92 Å². The normalized spacial score (nSPS) is 11.5. The summed E-state index contributed by atoms with van der Waals surface area (Å²) in [4.78, 5) is 3.88. The van der Waals surface area contributed by atoms with Gasteiger partial charge in [-0.15, -0.1) is 11.3 Å². The molecular weight excluding hydrogens is 404 g/mol. The maximum Gasteiger partial charge on any atom is 0.271 e. The van der Waals surface area contributed by atoms with Gasteiger partial charge in [0.2, 0.25) is 0 Å². The third-order valence-electron chi connectivity index (χ3n) is 2.12. The van der Waals surface area contributed by atoms with Gasteiger partial charge in [-0.1, -0.05) is 0 Å². The number of thiophene rings is 1. The molecule has 0 unspecified atom stereocenters. The van der Waals surface area contributed by atoms with Crippen LogP contribution in [0.5, 0.6) is 0 Å². The first-order valence-corrected chi connectivity index (χ1v) is 8.67. The minimum Gasteiger partial charge on any atom is -0.278 e. The predicted molar refractivity (Wildman–Crippen MR) is 79.5 cm³/mol. The van der Waals surface area contributed by atoms with Crippen molar-refractivity contribution in [1.82, 2.24) is 4.98 Å². The molecule has 1 N–H and O–H groups in total. The fourth-order valence-electron chi connectivity index (χ4n) is 1.22. The van der Waals surface area contributed by atoms with Crippen molar-refractivity contribution in [3.63, 3.8) is 0 Å². The van der Waals surface area contributed by atoms with E-state index in [9.17, 15) is 8.42 Å². The molecule has 0 saturated heterocycles. The van der Waals surface area contributed by atoms with Gasteiger partial charge >= 0.3 is 0 Å². The second-order valence-electron chi connectivity index (χ2n) is 3.48. The summed E-state index contributed by atoms with van der Waals surface area (Å²) in [6, 6.07) is 3.23. The Balaban J connectivity index is 2.36. The number of pyridine rings is 1. The molecule has 0 radical (unpaired) electrons. The zero-order chi connectivity index (χ0) is 13.3. The van der Waals surface area contributed by atoms with Gasteiger partial charge in [-0.3, -0.25) is 9.71 Å². The van der Waals surface area contributed by atoms with Gasteiger partial charge in [-0.2, -0.15) is 0 Å². The topological polar surface area (TPSA) is 59.1 Å². The molecular formula is C10H8Br2N2O2S2. The number of anilines is 1. The number of hydrogen-bond donors (Lipinski definition) is 1. The van der Waals surface area contributed by atoms with Crippen LogP contribution in [-0.4, -0.2) is 13.4 Å². The Morgan fingerprint density at radius 2 is 2.11 bits per heavy atom. The fraction of sp³-hybridized carbons (Fsp3) is 0.100. The van der Waals surface area contributed by atoms with E-state index in [0.717, 1.165) is 9.35 Å². The minimum absolute atomic E-state index is 0.274. The molecule has 2 heterocycles. The molecule has 0 spiro atoms. The van der Waals surface area contributed by atoms with Gasteiger partial charge in [0.05, 0.1) is 13.9 Å². The molecule has 0 bridgehead atoms. The second kappa shape index (κ2) is 5.28. The van der Waals surface area contributed by atoms with E-state index in [1.165, 1.54) is 23.7 Å². The molecule has 0 aliphatic carbocycles. The molecule has 4 nitrogen and oxygen atoms in total. The number of sulfonamides is 1. The monoisotopic (exact) mass is 410 g/mol. The van der Waals surface area contributed by atoms with Crippen LogP contribution in [0.4, 0.5) is 5.69 Å². The van der Waals surface area contributed by atoms with Gasteiger partial charge in [-0.25, -0.2) is 8.42 Å². The number of hydrogen-bond acceptors (Lipinski definition) is 4. The number of aryl methyl sites for hydroxylation is 1. The lowest BCUT2D eigenvalue weighted by Crippen LogP contribution is -2.11. The molecule has 0 fully saturated rings. The average Bonchev–Trinajstić information content (AvgIpc) is 2.63. The summed E-state index contributed by atoms with van der Waals surface area (Å²) in [6.45, 7) is 1.85. The van der Waals surface area contributed by atoms with Gasteiger partial charge in [0.1, 0.15) is 4.21 Å². The van der Waals surface area contributed by atoms with Gasteiger partial charge in [-0.05, 0) is 56.5 Å². The van der Waals surface area contributed by atoms with E-state index in [-0.39, 0.29) is 4.21 Å². The Labute approximate surface area is 126 Å². The van der Waals surface area contributed by atoms with Crippen molar-refractivity contribution in [3.8, 4) is 0 Å². The van der Waals surface area contributed by atoms with Crippen molar-refractivity contribution in [3.05, 3.63) is 38.3 Å². The first kappa shape index (κ1) is 14.0. The molecule has 8 heteroatoms. The van der Waals surface area contributed by atoms with E-state index in [1.807, 2.05) is 6.92 Å². The molecule has 18 heavy (non-hydrogen) atoms. The van der Waals surface area contributed by atoms with Gasteiger partial charge in [0, 0.05) is 12.4 Å². The summed E-state index contributed by atoms with van der Waals surface area (Å²) in [5.74, 6) is 0. The molecule has 0 aromatic carbocycles. The van der Waals surface area contributed by atoms with Crippen LogP contribution in [0.2, 0.25) is 0 Å². The summed E-state index contributed by atoms with van der Waals surface area (Å²) >= 11 is 7.74. The summed E-state index contributed by atoms with van der Waals surface area (Å²) in [5, 5.41) is 0. The Bertz CT molecular complexity index is 663. The van der Waals surface area contributed by atoms with Crippen molar-refractivity contribution in [2.45, 2.75) is 11.1 Å². The molecule has 2 aromatic rings. The molecule has 2 rings (SSSR count). The van der Waals surface area contributed by atoms with E-state index in [4.69, 9.17) is 0 Å². The Kier molecular flexibility index (Phi) is 4.10. The van der Waals surface area contributed by atoms with Crippen molar-refractivity contribution in [2.75, 3.05) is 4.72 Å². The van der Waals surface area contributed by atoms with Crippen molar-refractivity contribution >= 4 is 58.9 Å². The number of halogens is 2. The maximum absolute atomic E-state index is 12.2. The summed E-state index contributed by atoms with van der Waals surface area (Å²) < 4.78 is 28.5. The largest absolute Gasteiger partial charge is 0.278 e. The summed E-state index contributed by atoms with van der Waals surface area (Å²) in [7, 11) is -3.56. The molecule has 2 aromatic heterocycles. The van der Waals surface area contributed by atoms with Gasteiger partial charge in [0.25, 0.3) is 10.0 Å². The van der Waals surface area contributed by atoms with Crippen molar-refractivity contribution in [2.24, 2.45) is 0 Å². The highest BCUT2D eigenvalue weighted by Gasteiger charge is 2.19. The van der Waals surface area contributed by atoms with Crippen LogP contribution in [0.1, 0.15) is 5.56 Å². The zero-order valence-electron chi connectivity index (χ0n) is 9.15. The van der Waals surface area contributed by atoms with Crippen molar-refractivity contribution in [1.29, 1.82) is 0 Å². The zero-order valence-corrected chi connectivity index (χ0v) is 14.0. The standard InChI is InChI=1S/C10H8Br2N2O2S2/c1-6-4-9(17-10(6)12)18(15,16)14-8-2-3-13-5-7(8)11/h2-5H,1H3,(H,13,14). The Hall–Kier alpha value is -0.440. The quantitative estimate of drug-likeness (QED) is 0.835. The smallest absolute Gasteiger partial charge is 0.271 e. The maximum atomic E-state index is 12.2. The Morgan fingerprint density at radius 3 is 2.67 bits per heavy atom. The molecule has 0 aliphatic rings. The van der Waals surface area contributed by atoms with E-state index >= 15 is 0 Å². The first-order chi connectivity index (χ1) is 8.40. The summed E-state index contributed by atoms with van der Waals surface area (Å²) in [6.07, 6.45) is 3.06. The van der Waals surface area contributed by atoms with Crippen LogP contribution in [-0.2, 0) is 10.0 Å². The molecule has 0 amide bonds. The SMILES string of the molecule is Cc1cc(S(=O)(=O)Nc2ccncc2Br)sc1Br. The second-order valence-corrected chi connectivity index (χ2v) is 8.62. The molecule has 0 aliphatic heterocycles. The first-order valence-electron chi connectivity index (χ1n) is 4.78. The van der Waals surface area contributed by atoms with Crippen LogP contribution in [0.25, 0.3) is 0 Å². The van der Waals surface area contributed by atoms with Gasteiger partial charge < -0.3 is 0 Å². The number of nitrogens with zero attached hydrogens (tertiary/aromatic N) is 1. The summed E-state index contributed by atoms with van der Waals surface area (Å²) in [5.41, 5.74) is 1.36. The lowest BCUT2D eigenvalue weighted by molar-refractivity contribution is 0.603. The number of nitrogens with one attached hydrogen (secondary N) is 1. The molecule has 0 saturated carbocycles. The third-order valence-corrected chi connectivity index (χ3v) is 6.72. The highest BCUT2D eigenvalue weighted by atomic mass is 79.9. The Morgan fingerprint density at radius 1 is 1.39 bits per heavy atom. The minimum atomic E-state index is -3.56. The van der Waals surface area contributed by atoms with E-state index in [2.05, 4.69) is 41.6 Å².